The second-order valence-corrected chi connectivity index (χ2v) is 14.0. The lowest BCUT2D eigenvalue weighted by molar-refractivity contribution is 0.792. The molecule has 0 fully saturated rings. The van der Waals surface area contributed by atoms with E-state index in [4.69, 9.17) is 0 Å². The molecular weight excluding hydrogens is 620 g/mol. The first-order valence-electron chi connectivity index (χ1n) is 16.3. The Hall–Kier alpha value is -4.98. The van der Waals surface area contributed by atoms with Crippen molar-refractivity contribution in [3.05, 3.63) is 177 Å². The van der Waals surface area contributed by atoms with Crippen molar-refractivity contribution in [3.8, 4) is 33.4 Å². The summed E-state index contributed by atoms with van der Waals surface area (Å²) in [6.07, 6.45) is 2.24. The molecule has 0 saturated carbocycles. The maximum Gasteiger partial charge on any atom is 0.0726 e. The predicted octanol–water partition coefficient (Wildman–Crippen LogP) is 12.0. The molecule has 0 unspecified atom stereocenters. The standard InChI is InChI=1S/C45H27Br/c46-44-33-15-3-1-13-31(33)42(32-14-2-4-16-34(32)44)28-22-23-35-39(24-28)45(37-18-7-5-11-29(37)30-12-6-8-19-38(30)45)40-25-27-21-20-26-10-9-17-36(41(26)27)43(35)40/h1-19,22-25H,20-21H2. The summed E-state index contributed by atoms with van der Waals surface area (Å²) in [4.78, 5) is 0. The van der Waals surface area contributed by atoms with Gasteiger partial charge >= 0.3 is 0 Å². The second-order valence-electron chi connectivity index (χ2n) is 13.2. The minimum Gasteiger partial charge on any atom is -0.0619 e. The highest BCUT2D eigenvalue weighted by Crippen LogP contribution is 2.65. The molecule has 0 N–H and O–H groups in total. The first-order chi connectivity index (χ1) is 22.7. The van der Waals surface area contributed by atoms with Crippen LogP contribution < -0.4 is 0 Å². The van der Waals surface area contributed by atoms with Crippen LogP contribution in [0.4, 0.5) is 0 Å². The molecule has 11 rings (SSSR count). The molecule has 214 valence electrons. The van der Waals surface area contributed by atoms with Crippen LogP contribution in [0.15, 0.2) is 144 Å². The minimum absolute atomic E-state index is 0.377. The molecule has 0 saturated heterocycles. The summed E-state index contributed by atoms with van der Waals surface area (Å²) in [5.74, 6) is 0. The molecule has 0 amide bonds. The third-order valence-corrected chi connectivity index (χ3v) is 12.1. The van der Waals surface area contributed by atoms with Gasteiger partial charge in [-0.05, 0) is 134 Å². The van der Waals surface area contributed by atoms with E-state index in [1.54, 1.807) is 0 Å². The lowest BCUT2D eigenvalue weighted by atomic mass is 9.69. The van der Waals surface area contributed by atoms with Crippen molar-refractivity contribution in [2.24, 2.45) is 0 Å². The van der Waals surface area contributed by atoms with E-state index >= 15 is 0 Å². The van der Waals surface area contributed by atoms with Gasteiger partial charge in [0.1, 0.15) is 0 Å². The van der Waals surface area contributed by atoms with Gasteiger partial charge in [0.15, 0.2) is 0 Å². The van der Waals surface area contributed by atoms with E-state index in [0.717, 1.165) is 17.3 Å². The van der Waals surface area contributed by atoms with E-state index in [9.17, 15) is 0 Å². The SMILES string of the molecule is Brc1c2ccccc2c(-c2ccc3c(c2)C2(c4ccccc4-c4ccccc42)c2cc4c5c(cccc5c2-3)CC4)c2ccccc12. The number of hydrogen-bond donors (Lipinski definition) is 0. The topological polar surface area (TPSA) is 0 Å². The molecule has 3 aliphatic carbocycles. The van der Waals surface area contributed by atoms with Crippen molar-refractivity contribution in [2.75, 3.05) is 0 Å². The summed E-state index contributed by atoms with van der Waals surface area (Å²) in [6.45, 7) is 0. The number of benzene rings is 8. The molecule has 8 aromatic rings. The highest BCUT2D eigenvalue weighted by Gasteiger charge is 2.52. The number of halogens is 1. The Balaban J connectivity index is 1.33. The lowest BCUT2D eigenvalue weighted by Crippen LogP contribution is -2.26. The second kappa shape index (κ2) is 8.84. The Morgan fingerprint density at radius 3 is 1.70 bits per heavy atom. The van der Waals surface area contributed by atoms with Crippen LogP contribution in [0, 0.1) is 0 Å². The van der Waals surface area contributed by atoms with E-state index in [2.05, 4.69) is 155 Å². The van der Waals surface area contributed by atoms with E-state index in [1.807, 2.05) is 0 Å². The van der Waals surface area contributed by atoms with Gasteiger partial charge in [-0.15, -0.1) is 0 Å². The van der Waals surface area contributed by atoms with E-state index in [1.165, 1.54) is 99.1 Å². The largest absolute Gasteiger partial charge is 0.0726 e. The quantitative estimate of drug-likeness (QED) is 0.156. The van der Waals surface area contributed by atoms with Gasteiger partial charge in [-0.3, -0.25) is 0 Å². The number of rotatable bonds is 1. The zero-order valence-corrected chi connectivity index (χ0v) is 26.7. The average molecular weight is 648 g/mol. The summed E-state index contributed by atoms with van der Waals surface area (Å²) in [7, 11) is 0. The minimum atomic E-state index is -0.377. The first kappa shape index (κ1) is 25.2. The Morgan fingerprint density at radius 2 is 1.00 bits per heavy atom. The number of hydrogen-bond acceptors (Lipinski definition) is 0. The maximum absolute atomic E-state index is 3.98. The number of aryl methyl sites for hydroxylation is 2. The molecule has 0 radical (unpaired) electrons. The molecule has 0 bridgehead atoms. The Bertz CT molecular complexity index is 2550. The van der Waals surface area contributed by atoms with Crippen LogP contribution in [0.3, 0.4) is 0 Å². The molecule has 1 heteroatoms. The van der Waals surface area contributed by atoms with Gasteiger partial charge in [-0.1, -0.05) is 133 Å². The summed E-state index contributed by atoms with van der Waals surface area (Å²) in [5, 5.41) is 7.94. The Kier molecular flexibility index (Phi) is 4.85. The Morgan fingerprint density at radius 1 is 0.413 bits per heavy atom. The van der Waals surface area contributed by atoms with Gasteiger partial charge in [0.2, 0.25) is 0 Å². The third-order valence-electron chi connectivity index (χ3n) is 11.2. The van der Waals surface area contributed by atoms with Crippen LogP contribution in [0.1, 0.15) is 33.4 Å². The van der Waals surface area contributed by atoms with Crippen molar-refractivity contribution < 1.29 is 0 Å². The highest BCUT2D eigenvalue weighted by atomic mass is 79.9. The summed E-state index contributed by atoms with van der Waals surface area (Å²) in [6, 6.07) is 53.0. The van der Waals surface area contributed by atoms with Crippen LogP contribution in [0.2, 0.25) is 0 Å². The molecular formula is C45H27Br. The fourth-order valence-electron chi connectivity index (χ4n) is 9.49. The zero-order chi connectivity index (χ0) is 30.1. The van der Waals surface area contributed by atoms with Gasteiger partial charge in [-0.25, -0.2) is 0 Å². The Labute approximate surface area is 276 Å². The molecule has 3 aliphatic rings. The first-order valence-corrected chi connectivity index (χ1v) is 17.1. The van der Waals surface area contributed by atoms with Gasteiger partial charge in [0.05, 0.1) is 5.41 Å². The molecule has 0 atom stereocenters. The van der Waals surface area contributed by atoms with Gasteiger partial charge in [-0.2, -0.15) is 0 Å². The normalized spacial score (nSPS) is 14.6. The lowest BCUT2D eigenvalue weighted by Gasteiger charge is -2.31. The fraction of sp³-hybridized carbons (Fsp3) is 0.0667. The van der Waals surface area contributed by atoms with Crippen molar-refractivity contribution in [2.45, 2.75) is 18.3 Å². The van der Waals surface area contributed by atoms with Gasteiger partial charge in [0.25, 0.3) is 0 Å². The van der Waals surface area contributed by atoms with Crippen molar-refractivity contribution in [3.63, 3.8) is 0 Å². The molecule has 0 aromatic heterocycles. The third kappa shape index (κ3) is 2.92. The maximum atomic E-state index is 3.98. The molecule has 0 nitrogen and oxygen atoms in total. The smallest absolute Gasteiger partial charge is 0.0619 e. The van der Waals surface area contributed by atoms with Crippen molar-refractivity contribution in [1.82, 2.24) is 0 Å². The van der Waals surface area contributed by atoms with E-state index in [-0.39, 0.29) is 5.41 Å². The predicted molar refractivity (Wildman–Crippen MR) is 196 cm³/mol. The van der Waals surface area contributed by atoms with Gasteiger partial charge < -0.3 is 0 Å². The highest BCUT2D eigenvalue weighted by molar-refractivity contribution is 9.10. The van der Waals surface area contributed by atoms with E-state index < -0.39 is 0 Å². The van der Waals surface area contributed by atoms with E-state index in [0.29, 0.717) is 0 Å². The summed E-state index contributed by atoms with van der Waals surface area (Å²) < 4.78 is 1.16. The van der Waals surface area contributed by atoms with Crippen molar-refractivity contribution in [1.29, 1.82) is 0 Å². The molecule has 46 heavy (non-hydrogen) atoms. The zero-order valence-electron chi connectivity index (χ0n) is 25.1. The van der Waals surface area contributed by atoms with Gasteiger partial charge in [0, 0.05) is 4.47 Å². The van der Waals surface area contributed by atoms with Crippen LogP contribution >= 0.6 is 15.9 Å². The van der Waals surface area contributed by atoms with Crippen LogP contribution in [-0.2, 0) is 18.3 Å². The average Bonchev–Trinajstić information content (AvgIpc) is 3.76. The number of fused-ring (bicyclic) bond motifs is 13. The van der Waals surface area contributed by atoms with Crippen LogP contribution in [-0.4, -0.2) is 0 Å². The monoisotopic (exact) mass is 646 g/mol. The van der Waals surface area contributed by atoms with Crippen LogP contribution in [0.5, 0.6) is 0 Å². The van der Waals surface area contributed by atoms with Crippen molar-refractivity contribution >= 4 is 48.2 Å². The molecule has 1 spiro atoms. The molecule has 0 heterocycles. The summed E-state index contributed by atoms with van der Waals surface area (Å²) in [5.41, 5.74) is 16.3. The molecule has 0 aliphatic heterocycles. The van der Waals surface area contributed by atoms with Crippen LogP contribution in [0.25, 0.3) is 65.7 Å². The summed E-state index contributed by atoms with van der Waals surface area (Å²) >= 11 is 3.98. The fourth-order valence-corrected chi connectivity index (χ4v) is 10.2. The molecule has 8 aromatic carbocycles.